The van der Waals surface area contributed by atoms with Crippen molar-refractivity contribution in [1.29, 1.82) is 0 Å². The summed E-state index contributed by atoms with van der Waals surface area (Å²) in [5, 5.41) is 16.0. The fourth-order valence-electron chi connectivity index (χ4n) is 4.94. The Balaban J connectivity index is 1.58. The second-order valence-electron chi connectivity index (χ2n) is 8.40. The second kappa shape index (κ2) is 7.31. The SMILES string of the molecule is O=[N+]([O-])c1ccc(S(=O)(=O)N2Cc3cc4ccccc4c4c3c(cc3c(F)cccc34)C2)cc1. The summed E-state index contributed by atoms with van der Waals surface area (Å²) in [7, 11) is -3.94. The van der Waals surface area contributed by atoms with E-state index in [0.717, 1.165) is 38.1 Å². The minimum absolute atomic E-state index is 0.0226. The van der Waals surface area contributed by atoms with Crippen molar-refractivity contribution in [2.45, 2.75) is 18.0 Å². The minimum Gasteiger partial charge on any atom is -0.258 e. The molecule has 0 amide bonds. The van der Waals surface area contributed by atoms with E-state index in [0.29, 0.717) is 5.39 Å². The molecule has 0 radical (unpaired) electrons. The number of hydrogen-bond donors (Lipinski definition) is 0. The molecule has 1 heterocycles. The van der Waals surface area contributed by atoms with Gasteiger partial charge in [-0.05, 0) is 68.4 Å². The van der Waals surface area contributed by atoms with Crippen molar-refractivity contribution in [2.24, 2.45) is 0 Å². The number of rotatable bonds is 3. The van der Waals surface area contributed by atoms with Gasteiger partial charge in [-0.3, -0.25) is 10.1 Å². The molecule has 5 aromatic carbocycles. The third-order valence-corrected chi connectivity index (χ3v) is 8.28. The van der Waals surface area contributed by atoms with E-state index in [1.807, 2.05) is 36.4 Å². The first-order chi connectivity index (χ1) is 16.3. The van der Waals surface area contributed by atoms with Crippen LogP contribution in [-0.4, -0.2) is 17.6 Å². The zero-order valence-electron chi connectivity index (χ0n) is 17.7. The molecule has 0 atom stereocenters. The van der Waals surface area contributed by atoms with Crippen molar-refractivity contribution in [2.75, 3.05) is 0 Å². The summed E-state index contributed by atoms with van der Waals surface area (Å²) in [5.74, 6) is -0.361. The molecule has 0 N–H and O–H groups in total. The Kier molecular flexibility index (Phi) is 4.45. The lowest BCUT2D eigenvalue weighted by Crippen LogP contribution is -2.32. The van der Waals surface area contributed by atoms with E-state index in [1.165, 1.54) is 34.6 Å². The van der Waals surface area contributed by atoms with Crippen LogP contribution in [0.1, 0.15) is 11.1 Å². The average molecular weight is 472 g/mol. The number of fused-ring (bicyclic) bond motifs is 4. The zero-order valence-corrected chi connectivity index (χ0v) is 18.5. The van der Waals surface area contributed by atoms with Crippen LogP contribution in [0.5, 0.6) is 0 Å². The smallest absolute Gasteiger partial charge is 0.258 e. The van der Waals surface area contributed by atoms with Crippen LogP contribution in [0, 0.1) is 15.9 Å². The number of halogens is 1. The predicted molar refractivity (Wildman–Crippen MR) is 128 cm³/mol. The van der Waals surface area contributed by atoms with Crippen LogP contribution in [0.2, 0.25) is 0 Å². The molecule has 0 bridgehead atoms. The third-order valence-electron chi connectivity index (χ3n) is 6.47. The fourth-order valence-corrected chi connectivity index (χ4v) is 6.34. The molecule has 1 aliphatic heterocycles. The molecule has 0 aliphatic carbocycles. The lowest BCUT2D eigenvalue weighted by molar-refractivity contribution is -0.384. The van der Waals surface area contributed by atoms with Gasteiger partial charge in [-0.15, -0.1) is 0 Å². The Morgan fingerprint density at radius 2 is 1.47 bits per heavy atom. The molecule has 1 aliphatic rings. The van der Waals surface area contributed by atoms with Crippen molar-refractivity contribution < 1.29 is 17.7 Å². The van der Waals surface area contributed by atoms with Crippen LogP contribution in [0.15, 0.2) is 83.8 Å². The first-order valence-corrected chi connectivity index (χ1v) is 12.1. The largest absolute Gasteiger partial charge is 0.269 e. The molecule has 0 fully saturated rings. The molecule has 0 spiro atoms. The summed E-state index contributed by atoms with van der Waals surface area (Å²) < 4.78 is 43.1. The van der Waals surface area contributed by atoms with Crippen molar-refractivity contribution in [3.05, 3.63) is 106 Å². The normalized spacial score (nSPS) is 14.1. The summed E-state index contributed by atoms with van der Waals surface area (Å²) in [6.45, 7) is 0.222. The zero-order chi connectivity index (χ0) is 23.6. The van der Waals surface area contributed by atoms with E-state index in [2.05, 4.69) is 0 Å². The summed E-state index contributed by atoms with van der Waals surface area (Å²) in [6.07, 6.45) is 0. The molecule has 168 valence electrons. The summed E-state index contributed by atoms with van der Waals surface area (Å²) >= 11 is 0. The van der Waals surface area contributed by atoms with Gasteiger partial charge in [0, 0.05) is 30.6 Å². The van der Waals surface area contributed by atoms with Gasteiger partial charge in [0.25, 0.3) is 5.69 Å². The van der Waals surface area contributed by atoms with Crippen LogP contribution in [0.4, 0.5) is 10.1 Å². The summed E-state index contributed by atoms with van der Waals surface area (Å²) in [4.78, 5) is 10.4. The van der Waals surface area contributed by atoms with Crippen LogP contribution in [0.3, 0.4) is 0 Å². The van der Waals surface area contributed by atoms with Crippen molar-refractivity contribution in [3.63, 3.8) is 0 Å². The van der Waals surface area contributed by atoms with Gasteiger partial charge in [0.15, 0.2) is 0 Å². The Morgan fingerprint density at radius 1 is 0.794 bits per heavy atom. The second-order valence-corrected chi connectivity index (χ2v) is 10.3. The molecule has 0 saturated carbocycles. The molecule has 6 nitrogen and oxygen atoms in total. The summed E-state index contributed by atoms with van der Waals surface area (Å²) in [5.41, 5.74) is 1.39. The maximum atomic E-state index is 14.9. The Labute approximate surface area is 194 Å². The van der Waals surface area contributed by atoms with Gasteiger partial charge in [0.2, 0.25) is 10.0 Å². The molecule has 8 heteroatoms. The monoisotopic (exact) mass is 472 g/mol. The van der Waals surface area contributed by atoms with E-state index in [4.69, 9.17) is 0 Å². The number of sulfonamides is 1. The molecule has 6 rings (SSSR count). The van der Waals surface area contributed by atoms with Crippen molar-refractivity contribution in [3.8, 4) is 0 Å². The van der Waals surface area contributed by atoms with E-state index in [-0.39, 0.29) is 29.5 Å². The summed E-state index contributed by atoms with van der Waals surface area (Å²) in [6, 6.07) is 21.4. The van der Waals surface area contributed by atoms with Crippen LogP contribution in [0.25, 0.3) is 32.3 Å². The number of benzene rings is 5. The topological polar surface area (TPSA) is 80.5 Å². The van der Waals surface area contributed by atoms with Crippen LogP contribution in [-0.2, 0) is 23.1 Å². The minimum atomic E-state index is -3.94. The van der Waals surface area contributed by atoms with E-state index >= 15 is 0 Å². The number of hydrogen-bond acceptors (Lipinski definition) is 4. The first kappa shape index (κ1) is 20.7. The maximum Gasteiger partial charge on any atom is 0.269 e. The van der Waals surface area contributed by atoms with Gasteiger partial charge < -0.3 is 0 Å². The maximum absolute atomic E-state index is 14.9. The standard InChI is InChI=1S/C26H17FN2O4S/c27-24-7-3-6-22-23(24)13-18-15-28(34(32,33)20-10-8-19(9-11-20)29(30)31)14-17-12-16-4-1-2-5-21(16)26(22)25(17)18/h1-13H,14-15H2. The Morgan fingerprint density at radius 3 is 2.21 bits per heavy atom. The highest BCUT2D eigenvalue weighted by molar-refractivity contribution is 7.89. The lowest BCUT2D eigenvalue weighted by Gasteiger charge is -2.30. The van der Waals surface area contributed by atoms with Crippen LogP contribution >= 0.6 is 0 Å². The third kappa shape index (κ3) is 2.99. The predicted octanol–water partition coefficient (Wildman–Crippen LogP) is 5.90. The molecular weight excluding hydrogens is 455 g/mol. The van der Waals surface area contributed by atoms with Gasteiger partial charge in [0.1, 0.15) is 5.82 Å². The molecule has 34 heavy (non-hydrogen) atoms. The number of nitro benzene ring substituents is 1. The number of non-ortho nitro benzene ring substituents is 1. The van der Waals surface area contributed by atoms with Gasteiger partial charge >= 0.3 is 0 Å². The van der Waals surface area contributed by atoms with E-state index in [9.17, 15) is 22.9 Å². The molecule has 0 unspecified atom stereocenters. The molecule has 0 aromatic heterocycles. The van der Waals surface area contributed by atoms with Crippen molar-refractivity contribution in [1.82, 2.24) is 4.31 Å². The van der Waals surface area contributed by atoms with E-state index in [1.54, 1.807) is 12.1 Å². The van der Waals surface area contributed by atoms with Gasteiger partial charge in [-0.1, -0.05) is 36.4 Å². The lowest BCUT2D eigenvalue weighted by atomic mass is 9.88. The van der Waals surface area contributed by atoms with Crippen LogP contribution < -0.4 is 0 Å². The molecular formula is C26H17FN2O4S. The molecule has 5 aromatic rings. The van der Waals surface area contributed by atoms with E-state index < -0.39 is 14.9 Å². The molecule has 0 saturated heterocycles. The number of nitro groups is 1. The quantitative estimate of drug-likeness (QED) is 0.186. The highest BCUT2D eigenvalue weighted by Gasteiger charge is 2.31. The Hall–Kier alpha value is -3.88. The number of nitrogens with zero attached hydrogens (tertiary/aromatic N) is 2. The van der Waals surface area contributed by atoms with Gasteiger partial charge in [0.05, 0.1) is 9.82 Å². The average Bonchev–Trinajstić information content (AvgIpc) is 2.84. The highest BCUT2D eigenvalue weighted by atomic mass is 32.2. The highest BCUT2D eigenvalue weighted by Crippen LogP contribution is 2.41. The van der Waals surface area contributed by atoms with Crippen molar-refractivity contribution >= 4 is 48.0 Å². The van der Waals surface area contributed by atoms with Gasteiger partial charge in [-0.25, -0.2) is 12.8 Å². The fraction of sp³-hybridized carbons (Fsp3) is 0.0769. The Bertz CT molecular complexity index is 1770. The first-order valence-electron chi connectivity index (χ1n) is 10.6. The van der Waals surface area contributed by atoms with Gasteiger partial charge in [-0.2, -0.15) is 4.31 Å².